The Morgan fingerprint density at radius 3 is 2.52 bits per heavy atom. The lowest BCUT2D eigenvalue weighted by molar-refractivity contribution is -0.118. The Labute approximate surface area is 125 Å². The summed E-state index contributed by atoms with van der Waals surface area (Å²) >= 11 is 0. The van der Waals surface area contributed by atoms with Crippen LogP contribution in [0.2, 0.25) is 0 Å². The lowest BCUT2D eigenvalue weighted by Gasteiger charge is -2.09. The standard InChI is InChI=1S/C15H23N3O3/c1-2-3-4-10-17-15(20)18-12-5-7-13(8-6-12)21-11-9-14(16)19/h5-8H,2-4,9-11H2,1H3,(H2,16,19)(H2,17,18,20). The Kier molecular flexibility index (Phi) is 7.71. The van der Waals surface area contributed by atoms with Gasteiger partial charge in [0.15, 0.2) is 0 Å². The fourth-order valence-electron chi connectivity index (χ4n) is 1.66. The number of nitrogens with one attached hydrogen (secondary N) is 2. The topological polar surface area (TPSA) is 93.4 Å². The van der Waals surface area contributed by atoms with Crippen molar-refractivity contribution in [3.63, 3.8) is 0 Å². The highest BCUT2D eigenvalue weighted by Crippen LogP contribution is 2.15. The van der Waals surface area contributed by atoms with E-state index >= 15 is 0 Å². The normalized spacial score (nSPS) is 9.95. The van der Waals surface area contributed by atoms with Gasteiger partial charge >= 0.3 is 6.03 Å². The molecule has 0 aromatic heterocycles. The van der Waals surface area contributed by atoms with Gasteiger partial charge in [-0.2, -0.15) is 0 Å². The van der Waals surface area contributed by atoms with Crippen LogP contribution in [0.5, 0.6) is 5.75 Å². The molecule has 0 saturated heterocycles. The first-order valence-corrected chi connectivity index (χ1v) is 7.18. The number of benzene rings is 1. The Morgan fingerprint density at radius 2 is 1.90 bits per heavy atom. The van der Waals surface area contributed by atoms with Crippen molar-refractivity contribution in [3.8, 4) is 5.75 Å². The molecule has 0 radical (unpaired) electrons. The maximum Gasteiger partial charge on any atom is 0.319 e. The fraction of sp³-hybridized carbons (Fsp3) is 0.467. The zero-order valence-electron chi connectivity index (χ0n) is 12.4. The molecule has 0 aliphatic carbocycles. The van der Waals surface area contributed by atoms with Crippen molar-refractivity contribution in [1.29, 1.82) is 0 Å². The number of carbonyl (C=O) groups is 2. The van der Waals surface area contributed by atoms with Crippen molar-refractivity contribution in [1.82, 2.24) is 5.32 Å². The van der Waals surface area contributed by atoms with Gasteiger partial charge in [0.25, 0.3) is 0 Å². The summed E-state index contributed by atoms with van der Waals surface area (Å²) in [6.45, 7) is 3.04. The lowest BCUT2D eigenvalue weighted by Crippen LogP contribution is -2.29. The third kappa shape index (κ3) is 7.81. The van der Waals surface area contributed by atoms with E-state index in [9.17, 15) is 9.59 Å². The summed E-state index contributed by atoms with van der Waals surface area (Å²) in [6.07, 6.45) is 3.40. The molecule has 1 rings (SSSR count). The summed E-state index contributed by atoms with van der Waals surface area (Å²) in [6, 6.07) is 6.73. The zero-order chi connectivity index (χ0) is 15.5. The molecule has 0 saturated carbocycles. The molecule has 0 aliphatic rings. The number of urea groups is 1. The Morgan fingerprint density at radius 1 is 1.19 bits per heavy atom. The van der Waals surface area contributed by atoms with Gasteiger partial charge in [-0.3, -0.25) is 4.79 Å². The van der Waals surface area contributed by atoms with Gasteiger partial charge in [0.2, 0.25) is 5.91 Å². The van der Waals surface area contributed by atoms with Crippen molar-refractivity contribution < 1.29 is 14.3 Å². The van der Waals surface area contributed by atoms with Crippen LogP contribution >= 0.6 is 0 Å². The molecule has 0 fully saturated rings. The summed E-state index contributed by atoms with van der Waals surface area (Å²) < 4.78 is 5.34. The van der Waals surface area contributed by atoms with Gasteiger partial charge in [-0.1, -0.05) is 19.8 Å². The van der Waals surface area contributed by atoms with E-state index in [-0.39, 0.29) is 19.1 Å². The maximum atomic E-state index is 11.6. The van der Waals surface area contributed by atoms with Gasteiger partial charge in [-0.25, -0.2) is 4.79 Å². The van der Waals surface area contributed by atoms with Gasteiger partial charge < -0.3 is 21.1 Å². The summed E-state index contributed by atoms with van der Waals surface area (Å²) in [4.78, 5) is 22.2. The van der Waals surface area contributed by atoms with Gasteiger partial charge in [-0.05, 0) is 30.7 Å². The zero-order valence-corrected chi connectivity index (χ0v) is 12.4. The fourth-order valence-corrected chi connectivity index (χ4v) is 1.66. The van der Waals surface area contributed by atoms with E-state index in [1.54, 1.807) is 24.3 Å². The van der Waals surface area contributed by atoms with Crippen molar-refractivity contribution in [2.75, 3.05) is 18.5 Å². The summed E-state index contributed by atoms with van der Waals surface area (Å²) in [5, 5.41) is 5.54. The number of rotatable bonds is 9. The third-order valence-electron chi connectivity index (χ3n) is 2.80. The Bertz CT molecular complexity index is 446. The minimum absolute atomic E-state index is 0.181. The van der Waals surface area contributed by atoms with Crippen LogP contribution in [0.15, 0.2) is 24.3 Å². The van der Waals surface area contributed by atoms with Gasteiger partial charge in [0.1, 0.15) is 5.75 Å². The maximum absolute atomic E-state index is 11.6. The number of ether oxygens (including phenoxy) is 1. The molecule has 0 aliphatic heterocycles. The molecule has 0 bridgehead atoms. The molecule has 0 spiro atoms. The summed E-state index contributed by atoms with van der Waals surface area (Å²) in [5.41, 5.74) is 5.71. The highest BCUT2D eigenvalue weighted by Gasteiger charge is 2.02. The number of unbranched alkanes of at least 4 members (excludes halogenated alkanes) is 2. The van der Waals surface area contributed by atoms with E-state index in [1.807, 2.05) is 0 Å². The summed E-state index contributed by atoms with van der Waals surface area (Å²) in [7, 11) is 0. The molecule has 0 heterocycles. The number of carbonyl (C=O) groups excluding carboxylic acids is 2. The van der Waals surface area contributed by atoms with E-state index in [1.165, 1.54) is 0 Å². The average Bonchev–Trinajstić information content (AvgIpc) is 2.45. The number of primary amides is 1. The SMILES string of the molecule is CCCCCNC(=O)Nc1ccc(OCCC(N)=O)cc1. The molecular weight excluding hydrogens is 270 g/mol. The van der Waals surface area contributed by atoms with Crippen molar-refractivity contribution >= 4 is 17.6 Å². The van der Waals surface area contributed by atoms with Crippen LogP contribution in [-0.4, -0.2) is 25.1 Å². The second-order valence-electron chi connectivity index (χ2n) is 4.68. The molecule has 1 aromatic carbocycles. The largest absolute Gasteiger partial charge is 0.493 e. The predicted molar refractivity (Wildman–Crippen MR) is 82.3 cm³/mol. The van der Waals surface area contributed by atoms with Crippen LogP contribution in [0, 0.1) is 0 Å². The van der Waals surface area contributed by atoms with Crippen molar-refractivity contribution in [2.45, 2.75) is 32.6 Å². The Balaban J connectivity index is 2.29. The van der Waals surface area contributed by atoms with E-state index < -0.39 is 5.91 Å². The molecular formula is C15H23N3O3. The quantitative estimate of drug-likeness (QED) is 0.610. The van der Waals surface area contributed by atoms with Crippen molar-refractivity contribution in [2.24, 2.45) is 5.73 Å². The van der Waals surface area contributed by atoms with E-state index in [0.717, 1.165) is 19.3 Å². The van der Waals surface area contributed by atoms with Crippen LogP contribution < -0.4 is 21.1 Å². The first kappa shape index (κ1) is 16.8. The molecule has 6 nitrogen and oxygen atoms in total. The number of hydrogen-bond acceptors (Lipinski definition) is 3. The highest BCUT2D eigenvalue weighted by atomic mass is 16.5. The molecule has 6 heteroatoms. The first-order valence-electron chi connectivity index (χ1n) is 7.18. The minimum atomic E-state index is -0.395. The molecule has 21 heavy (non-hydrogen) atoms. The van der Waals surface area contributed by atoms with E-state index in [4.69, 9.17) is 10.5 Å². The third-order valence-corrected chi connectivity index (χ3v) is 2.80. The second-order valence-corrected chi connectivity index (χ2v) is 4.68. The number of nitrogens with two attached hydrogens (primary N) is 1. The Hall–Kier alpha value is -2.24. The molecule has 0 atom stereocenters. The smallest absolute Gasteiger partial charge is 0.319 e. The molecule has 4 N–H and O–H groups in total. The molecule has 116 valence electrons. The highest BCUT2D eigenvalue weighted by molar-refractivity contribution is 5.89. The number of amides is 3. The second kappa shape index (κ2) is 9.63. The van der Waals surface area contributed by atoms with Gasteiger partial charge in [0.05, 0.1) is 13.0 Å². The lowest BCUT2D eigenvalue weighted by atomic mass is 10.2. The van der Waals surface area contributed by atoms with Crippen LogP contribution in [0.1, 0.15) is 32.6 Å². The predicted octanol–water partition coefficient (Wildman–Crippen LogP) is 2.25. The molecule has 3 amide bonds. The minimum Gasteiger partial charge on any atom is -0.493 e. The van der Waals surface area contributed by atoms with Crippen LogP contribution in [0.25, 0.3) is 0 Å². The monoisotopic (exact) mass is 293 g/mol. The average molecular weight is 293 g/mol. The van der Waals surface area contributed by atoms with Crippen LogP contribution in [0.4, 0.5) is 10.5 Å². The van der Waals surface area contributed by atoms with E-state index in [0.29, 0.717) is 18.0 Å². The number of hydrogen-bond donors (Lipinski definition) is 3. The first-order chi connectivity index (χ1) is 10.1. The van der Waals surface area contributed by atoms with Crippen LogP contribution in [0.3, 0.4) is 0 Å². The van der Waals surface area contributed by atoms with E-state index in [2.05, 4.69) is 17.6 Å². The van der Waals surface area contributed by atoms with Gasteiger partial charge in [0, 0.05) is 12.2 Å². The molecule has 1 aromatic rings. The van der Waals surface area contributed by atoms with Crippen LogP contribution in [-0.2, 0) is 4.79 Å². The number of anilines is 1. The summed E-state index contributed by atoms with van der Waals surface area (Å²) in [5.74, 6) is 0.234. The molecule has 0 unspecified atom stereocenters. The van der Waals surface area contributed by atoms with Crippen molar-refractivity contribution in [3.05, 3.63) is 24.3 Å². The van der Waals surface area contributed by atoms with Gasteiger partial charge in [-0.15, -0.1) is 0 Å².